The lowest BCUT2D eigenvalue weighted by Gasteiger charge is -2.09. The Balaban J connectivity index is 1.83. The number of aryl methyl sites for hydroxylation is 2. The van der Waals surface area contributed by atoms with Gasteiger partial charge < -0.3 is 14.6 Å². The number of carbonyl (C=O) groups is 1. The third kappa shape index (κ3) is 5.08. The van der Waals surface area contributed by atoms with Gasteiger partial charge in [-0.2, -0.15) is 4.98 Å². The van der Waals surface area contributed by atoms with Gasteiger partial charge in [0.2, 0.25) is 11.8 Å². The second kappa shape index (κ2) is 6.46. The van der Waals surface area contributed by atoms with Gasteiger partial charge in [0.05, 0.1) is 0 Å². The van der Waals surface area contributed by atoms with Crippen molar-refractivity contribution in [1.29, 1.82) is 0 Å². The van der Waals surface area contributed by atoms with Gasteiger partial charge in [-0.3, -0.25) is 4.79 Å². The fraction of sp³-hybridized carbons (Fsp3) is 0.308. The Kier molecular flexibility index (Phi) is 4.64. The molecule has 0 fully saturated rings. The van der Waals surface area contributed by atoms with Crippen LogP contribution < -0.4 is 10.1 Å². The highest BCUT2D eigenvalue weighted by Gasteiger charge is 2.30. The minimum atomic E-state index is -4.74. The molecule has 0 aliphatic heterocycles. The maximum atomic E-state index is 12.0. The minimum absolute atomic E-state index is 0.114. The monoisotopic (exact) mass is 315 g/mol. The van der Waals surface area contributed by atoms with Crippen molar-refractivity contribution in [3.05, 3.63) is 36.0 Å². The SMILES string of the molecule is Cc1noc(CCC(=O)Nc2ccc(OC(F)(F)F)cc2)n1. The number of hydrogen-bond acceptors (Lipinski definition) is 5. The van der Waals surface area contributed by atoms with E-state index in [4.69, 9.17) is 4.52 Å². The third-order valence-electron chi connectivity index (χ3n) is 2.51. The summed E-state index contributed by atoms with van der Waals surface area (Å²) >= 11 is 0. The topological polar surface area (TPSA) is 77.2 Å². The number of amides is 1. The van der Waals surface area contributed by atoms with Crippen molar-refractivity contribution in [1.82, 2.24) is 10.1 Å². The number of halogens is 3. The fourth-order valence-electron chi connectivity index (χ4n) is 1.63. The van der Waals surface area contributed by atoms with Crippen LogP contribution in [0.15, 0.2) is 28.8 Å². The molecular formula is C13H12F3N3O3. The molecule has 1 aromatic heterocycles. The molecule has 0 spiro atoms. The number of anilines is 1. The van der Waals surface area contributed by atoms with Crippen molar-refractivity contribution in [2.45, 2.75) is 26.1 Å². The van der Waals surface area contributed by atoms with E-state index in [-0.39, 0.29) is 24.5 Å². The summed E-state index contributed by atoms with van der Waals surface area (Å²) in [4.78, 5) is 15.6. The summed E-state index contributed by atoms with van der Waals surface area (Å²) in [5.74, 6) is 0.157. The molecule has 0 saturated heterocycles. The first-order chi connectivity index (χ1) is 10.3. The number of rotatable bonds is 5. The molecule has 0 aliphatic rings. The van der Waals surface area contributed by atoms with Crippen LogP contribution in [0, 0.1) is 6.92 Å². The van der Waals surface area contributed by atoms with Crippen LogP contribution in [0.5, 0.6) is 5.75 Å². The van der Waals surface area contributed by atoms with Crippen molar-refractivity contribution in [2.75, 3.05) is 5.32 Å². The second-order valence-corrected chi connectivity index (χ2v) is 4.36. The van der Waals surface area contributed by atoms with Gasteiger partial charge in [-0.25, -0.2) is 0 Å². The number of benzene rings is 1. The van der Waals surface area contributed by atoms with Gasteiger partial charge in [0, 0.05) is 18.5 Å². The highest BCUT2D eigenvalue weighted by atomic mass is 19.4. The lowest BCUT2D eigenvalue weighted by Crippen LogP contribution is -2.17. The van der Waals surface area contributed by atoms with Crippen LogP contribution in [0.25, 0.3) is 0 Å². The molecule has 0 unspecified atom stereocenters. The summed E-state index contributed by atoms with van der Waals surface area (Å²) in [6, 6.07) is 4.86. The second-order valence-electron chi connectivity index (χ2n) is 4.36. The van der Waals surface area contributed by atoms with Gasteiger partial charge in [-0.15, -0.1) is 13.2 Å². The van der Waals surface area contributed by atoms with E-state index < -0.39 is 6.36 Å². The Hall–Kier alpha value is -2.58. The van der Waals surface area contributed by atoms with Crippen LogP contribution in [0.2, 0.25) is 0 Å². The maximum absolute atomic E-state index is 12.0. The zero-order valence-electron chi connectivity index (χ0n) is 11.5. The van der Waals surface area contributed by atoms with Crippen molar-refractivity contribution in [2.24, 2.45) is 0 Å². The molecule has 0 bridgehead atoms. The molecule has 0 saturated carbocycles. The highest BCUT2D eigenvalue weighted by molar-refractivity contribution is 5.90. The predicted molar refractivity (Wildman–Crippen MR) is 69.1 cm³/mol. The van der Waals surface area contributed by atoms with Crippen LogP contribution in [0.1, 0.15) is 18.1 Å². The van der Waals surface area contributed by atoms with Crippen LogP contribution in [-0.4, -0.2) is 22.4 Å². The number of nitrogens with zero attached hydrogens (tertiary/aromatic N) is 2. The molecule has 0 atom stereocenters. The molecule has 9 heteroatoms. The molecule has 0 radical (unpaired) electrons. The summed E-state index contributed by atoms with van der Waals surface area (Å²) in [6.45, 7) is 1.66. The normalized spacial score (nSPS) is 11.3. The molecule has 2 aromatic rings. The van der Waals surface area contributed by atoms with Crippen LogP contribution in [0.3, 0.4) is 0 Å². The van der Waals surface area contributed by atoms with Gasteiger partial charge in [0.15, 0.2) is 5.82 Å². The predicted octanol–water partition coefficient (Wildman–Crippen LogP) is 2.85. The van der Waals surface area contributed by atoms with E-state index in [1.165, 1.54) is 12.1 Å². The quantitative estimate of drug-likeness (QED) is 0.918. The molecule has 6 nitrogen and oxygen atoms in total. The highest BCUT2D eigenvalue weighted by Crippen LogP contribution is 2.23. The van der Waals surface area contributed by atoms with Gasteiger partial charge in [0.25, 0.3) is 0 Å². The largest absolute Gasteiger partial charge is 0.573 e. The summed E-state index contributed by atoms with van der Waals surface area (Å²) < 4.78 is 44.6. The summed E-state index contributed by atoms with van der Waals surface area (Å²) in [5.41, 5.74) is 0.362. The van der Waals surface area contributed by atoms with Gasteiger partial charge >= 0.3 is 6.36 Å². The van der Waals surface area contributed by atoms with E-state index in [0.29, 0.717) is 17.4 Å². The maximum Gasteiger partial charge on any atom is 0.573 e. The zero-order chi connectivity index (χ0) is 16.2. The van der Waals surface area contributed by atoms with Crippen LogP contribution in [0.4, 0.5) is 18.9 Å². The lowest BCUT2D eigenvalue weighted by atomic mass is 10.2. The van der Waals surface area contributed by atoms with Gasteiger partial charge in [0.1, 0.15) is 5.75 Å². The first-order valence-electron chi connectivity index (χ1n) is 6.27. The minimum Gasteiger partial charge on any atom is -0.406 e. The average molecular weight is 315 g/mol. The molecule has 1 aromatic carbocycles. The number of nitrogens with one attached hydrogen (secondary N) is 1. The van der Waals surface area contributed by atoms with Crippen molar-refractivity contribution in [3.63, 3.8) is 0 Å². The van der Waals surface area contributed by atoms with E-state index in [2.05, 4.69) is 20.2 Å². The first kappa shape index (κ1) is 15.8. The van der Waals surface area contributed by atoms with E-state index in [1.807, 2.05) is 0 Å². The Labute approximate surface area is 123 Å². The molecule has 1 amide bonds. The van der Waals surface area contributed by atoms with Crippen LogP contribution in [-0.2, 0) is 11.2 Å². The zero-order valence-corrected chi connectivity index (χ0v) is 11.5. The average Bonchev–Trinajstić information content (AvgIpc) is 2.83. The Morgan fingerprint density at radius 3 is 2.55 bits per heavy atom. The van der Waals surface area contributed by atoms with Crippen molar-refractivity contribution >= 4 is 11.6 Å². The number of aromatic nitrogens is 2. The molecule has 0 aliphatic carbocycles. The molecule has 2 rings (SSSR count). The standard InChI is InChI=1S/C13H12F3N3O3/c1-8-17-12(22-19-8)7-6-11(20)18-9-2-4-10(5-3-9)21-13(14,15)16/h2-5H,6-7H2,1H3,(H,18,20). The molecule has 1 N–H and O–H groups in total. The van der Waals surface area contributed by atoms with Gasteiger partial charge in [-0.1, -0.05) is 5.16 Å². The number of hydrogen-bond donors (Lipinski definition) is 1. The fourth-order valence-corrected chi connectivity index (χ4v) is 1.63. The Bertz CT molecular complexity index is 638. The Morgan fingerprint density at radius 1 is 1.32 bits per heavy atom. The first-order valence-corrected chi connectivity index (χ1v) is 6.27. The van der Waals surface area contributed by atoms with E-state index in [9.17, 15) is 18.0 Å². The Morgan fingerprint density at radius 2 is 2.00 bits per heavy atom. The number of carbonyl (C=O) groups excluding carboxylic acids is 1. The molecule has 118 valence electrons. The van der Waals surface area contributed by atoms with Gasteiger partial charge in [-0.05, 0) is 31.2 Å². The summed E-state index contributed by atoms with van der Waals surface area (Å²) in [5, 5.41) is 6.14. The van der Waals surface area contributed by atoms with E-state index in [1.54, 1.807) is 6.92 Å². The van der Waals surface area contributed by atoms with Crippen molar-refractivity contribution in [3.8, 4) is 5.75 Å². The lowest BCUT2D eigenvalue weighted by molar-refractivity contribution is -0.274. The smallest absolute Gasteiger partial charge is 0.406 e. The van der Waals surface area contributed by atoms with Crippen LogP contribution >= 0.6 is 0 Å². The summed E-state index contributed by atoms with van der Waals surface area (Å²) in [7, 11) is 0. The van der Waals surface area contributed by atoms with E-state index in [0.717, 1.165) is 12.1 Å². The number of alkyl halides is 3. The molecule has 1 heterocycles. The molecular weight excluding hydrogens is 303 g/mol. The third-order valence-corrected chi connectivity index (χ3v) is 2.51. The summed E-state index contributed by atoms with van der Waals surface area (Å²) in [6.07, 6.45) is -4.35. The molecule has 22 heavy (non-hydrogen) atoms. The number of ether oxygens (including phenoxy) is 1. The van der Waals surface area contributed by atoms with Crippen molar-refractivity contribution < 1.29 is 27.2 Å². The van der Waals surface area contributed by atoms with E-state index >= 15 is 0 Å².